The number of guanidine groups is 1. The van der Waals surface area contributed by atoms with E-state index in [0.29, 0.717) is 6.54 Å². The van der Waals surface area contributed by atoms with Gasteiger partial charge in [-0.05, 0) is 18.1 Å². The summed E-state index contributed by atoms with van der Waals surface area (Å²) in [5.74, 6) is 0.720. The highest BCUT2D eigenvalue weighted by Gasteiger charge is 2.11. The highest BCUT2D eigenvalue weighted by molar-refractivity contribution is 14.0. The molecule has 1 heterocycles. The van der Waals surface area contributed by atoms with Crippen LogP contribution in [0.4, 0.5) is 5.69 Å². The summed E-state index contributed by atoms with van der Waals surface area (Å²) >= 11 is 0. The number of aliphatic imine (C=N–C) groups is 1. The Hall–Kier alpha value is -2.24. The minimum Gasteiger partial charge on any atom is -0.379 e. The summed E-state index contributed by atoms with van der Waals surface area (Å²) in [6.45, 7) is 7.69. The maximum atomic E-state index is 10.8. The van der Waals surface area contributed by atoms with Gasteiger partial charge < -0.3 is 15.4 Å². The van der Waals surface area contributed by atoms with Crippen LogP contribution in [0.5, 0.6) is 0 Å². The van der Waals surface area contributed by atoms with Crippen molar-refractivity contribution in [2.24, 2.45) is 4.99 Å². The van der Waals surface area contributed by atoms with Crippen LogP contribution in [0, 0.1) is 10.1 Å². The van der Waals surface area contributed by atoms with Crippen LogP contribution in [0.3, 0.4) is 0 Å². The first-order valence-corrected chi connectivity index (χ1v) is 10.2. The average Bonchev–Trinajstić information content (AvgIpc) is 2.79. The fraction of sp³-hybridized carbons (Fsp3) is 0.409. The van der Waals surface area contributed by atoms with Crippen LogP contribution in [0.25, 0.3) is 0 Å². The molecule has 2 N–H and O–H groups in total. The quantitative estimate of drug-likeness (QED) is 0.176. The topological polar surface area (TPSA) is 92.0 Å². The summed E-state index contributed by atoms with van der Waals surface area (Å²) in [4.78, 5) is 17.5. The molecule has 1 aliphatic rings. The molecule has 8 nitrogen and oxygen atoms in total. The molecule has 0 aromatic heterocycles. The molecule has 0 bridgehead atoms. The van der Waals surface area contributed by atoms with Crippen LogP contribution < -0.4 is 10.6 Å². The van der Waals surface area contributed by atoms with Crippen LogP contribution in [0.2, 0.25) is 0 Å². The summed E-state index contributed by atoms with van der Waals surface area (Å²) in [6.07, 6.45) is 0. The number of non-ortho nitro benzene ring substituents is 1. The van der Waals surface area contributed by atoms with Gasteiger partial charge in [0.25, 0.3) is 5.69 Å². The second-order valence-electron chi connectivity index (χ2n) is 7.25. The van der Waals surface area contributed by atoms with Crippen molar-refractivity contribution in [3.05, 3.63) is 75.8 Å². The number of rotatable bonds is 8. The zero-order valence-electron chi connectivity index (χ0n) is 17.7. The Morgan fingerprint density at radius 1 is 1.16 bits per heavy atom. The number of hydrogen-bond donors (Lipinski definition) is 2. The van der Waals surface area contributed by atoms with Gasteiger partial charge in [-0.1, -0.05) is 42.5 Å². The summed E-state index contributed by atoms with van der Waals surface area (Å²) < 4.78 is 5.40. The van der Waals surface area contributed by atoms with Crippen molar-refractivity contribution < 1.29 is 9.66 Å². The first-order valence-electron chi connectivity index (χ1n) is 10.2. The molecule has 168 valence electrons. The van der Waals surface area contributed by atoms with Gasteiger partial charge in [0.1, 0.15) is 0 Å². The maximum Gasteiger partial charge on any atom is 0.269 e. The van der Waals surface area contributed by atoms with Crippen molar-refractivity contribution in [2.75, 3.05) is 39.4 Å². The molecule has 3 rings (SSSR count). The zero-order valence-corrected chi connectivity index (χ0v) is 20.0. The van der Waals surface area contributed by atoms with Crippen molar-refractivity contribution in [1.29, 1.82) is 0 Å². The van der Waals surface area contributed by atoms with Crippen LogP contribution in [-0.2, 0) is 11.3 Å². The number of nitrogens with zero attached hydrogens (tertiary/aromatic N) is 3. The SMILES string of the molecule is CC(NC(=NCc1ccc([N+](=O)[O-])cc1)NCCN1CCOCC1)c1ccccc1.I. The van der Waals surface area contributed by atoms with Gasteiger partial charge in [-0.25, -0.2) is 4.99 Å². The number of nitro groups is 1. The molecule has 0 aliphatic carbocycles. The zero-order chi connectivity index (χ0) is 21.2. The van der Waals surface area contributed by atoms with Gasteiger partial charge in [0.2, 0.25) is 0 Å². The molecule has 2 aromatic carbocycles. The van der Waals surface area contributed by atoms with Crippen LogP contribution in [0.1, 0.15) is 24.1 Å². The molecule has 0 radical (unpaired) electrons. The first kappa shape index (κ1) is 25.0. The van der Waals surface area contributed by atoms with Crippen molar-refractivity contribution >= 4 is 35.6 Å². The van der Waals surface area contributed by atoms with E-state index in [1.807, 2.05) is 18.2 Å². The maximum absolute atomic E-state index is 10.8. The molecule has 0 spiro atoms. The third kappa shape index (κ3) is 8.42. The predicted octanol–water partition coefficient (Wildman–Crippen LogP) is 3.34. The van der Waals surface area contributed by atoms with E-state index < -0.39 is 4.92 Å². The lowest BCUT2D eigenvalue weighted by Crippen LogP contribution is -2.45. The molecule has 2 aromatic rings. The van der Waals surface area contributed by atoms with E-state index in [1.165, 1.54) is 17.7 Å². The smallest absolute Gasteiger partial charge is 0.269 e. The van der Waals surface area contributed by atoms with Crippen molar-refractivity contribution in [3.63, 3.8) is 0 Å². The Bertz CT molecular complexity index is 827. The van der Waals surface area contributed by atoms with Crippen molar-refractivity contribution in [1.82, 2.24) is 15.5 Å². The minimum atomic E-state index is -0.394. The number of halogens is 1. The molecule has 1 unspecified atom stereocenters. The Balaban J connectivity index is 0.00000341. The number of morpholine rings is 1. The Morgan fingerprint density at radius 2 is 1.84 bits per heavy atom. The molecule has 9 heteroatoms. The summed E-state index contributed by atoms with van der Waals surface area (Å²) in [5.41, 5.74) is 2.18. The Morgan fingerprint density at radius 3 is 2.48 bits per heavy atom. The molecular formula is C22H30IN5O3. The number of benzene rings is 2. The van der Waals surface area contributed by atoms with Crippen molar-refractivity contribution in [2.45, 2.75) is 19.5 Å². The van der Waals surface area contributed by atoms with Crippen molar-refractivity contribution in [3.8, 4) is 0 Å². The van der Waals surface area contributed by atoms with Gasteiger partial charge in [0.05, 0.1) is 30.7 Å². The Labute approximate surface area is 200 Å². The minimum absolute atomic E-state index is 0. The molecular weight excluding hydrogens is 509 g/mol. The summed E-state index contributed by atoms with van der Waals surface area (Å²) in [5, 5.41) is 17.7. The van der Waals surface area contributed by atoms with E-state index >= 15 is 0 Å². The van der Waals surface area contributed by atoms with Gasteiger partial charge in [0.15, 0.2) is 5.96 Å². The highest BCUT2D eigenvalue weighted by atomic mass is 127. The lowest BCUT2D eigenvalue weighted by Gasteiger charge is -2.27. The third-order valence-electron chi connectivity index (χ3n) is 5.04. The molecule has 0 amide bonds. The predicted molar refractivity (Wildman–Crippen MR) is 133 cm³/mol. The molecule has 31 heavy (non-hydrogen) atoms. The normalized spacial score (nSPS) is 15.6. The van der Waals surface area contributed by atoms with E-state index in [9.17, 15) is 10.1 Å². The van der Waals surface area contributed by atoms with E-state index in [2.05, 4.69) is 34.6 Å². The number of ether oxygens (including phenoxy) is 1. The van der Waals surface area contributed by atoms with Gasteiger partial charge >= 0.3 is 0 Å². The van der Waals surface area contributed by atoms with Gasteiger partial charge in [0, 0.05) is 38.3 Å². The highest BCUT2D eigenvalue weighted by Crippen LogP contribution is 2.13. The molecule has 1 aliphatic heterocycles. The fourth-order valence-electron chi connectivity index (χ4n) is 3.23. The first-order chi connectivity index (χ1) is 14.6. The summed E-state index contributed by atoms with van der Waals surface area (Å²) in [7, 11) is 0. The van der Waals surface area contributed by atoms with Crippen LogP contribution in [-0.4, -0.2) is 55.2 Å². The molecule has 0 saturated carbocycles. The number of nitro benzene ring substituents is 1. The van der Waals surface area contributed by atoms with Crippen LogP contribution in [0.15, 0.2) is 59.6 Å². The number of nitrogens with one attached hydrogen (secondary N) is 2. The molecule has 1 fully saturated rings. The summed E-state index contributed by atoms with van der Waals surface area (Å²) in [6, 6.07) is 16.8. The molecule has 1 atom stereocenters. The van der Waals surface area contributed by atoms with E-state index in [1.54, 1.807) is 12.1 Å². The Kier molecular flexibility index (Phi) is 10.7. The van der Waals surface area contributed by atoms with E-state index in [-0.39, 0.29) is 35.7 Å². The lowest BCUT2D eigenvalue weighted by atomic mass is 10.1. The monoisotopic (exact) mass is 539 g/mol. The second kappa shape index (κ2) is 13.2. The van der Waals surface area contributed by atoms with Crippen LogP contribution >= 0.6 is 24.0 Å². The number of hydrogen-bond acceptors (Lipinski definition) is 5. The standard InChI is InChI=1S/C22H29N5O3.HI/c1-18(20-5-3-2-4-6-20)25-22(23-11-12-26-13-15-30-16-14-26)24-17-19-7-9-21(10-8-19)27(28)29;/h2-10,18H,11-17H2,1H3,(H2,23,24,25);1H. The van der Waals surface area contributed by atoms with Gasteiger partial charge in [-0.2, -0.15) is 0 Å². The van der Waals surface area contributed by atoms with E-state index in [4.69, 9.17) is 9.73 Å². The molecule has 1 saturated heterocycles. The van der Waals surface area contributed by atoms with Gasteiger partial charge in [-0.3, -0.25) is 15.0 Å². The second-order valence-corrected chi connectivity index (χ2v) is 7.25. The van der Waals surface area contributed by atoms with E-state index in [0.717, 1.165) is 50.9 Å². The lowest BCUT2D eigenvalue weighted by molar-refractivity contribution is -0.384. The van der Waals surface area contributed by atoms with Gasteiger partial charge in [-0.15, -0.1) is 24.0 Å². The average molecular weight is 539 g/mol. The largest absolute Gasteiger partial charge is 0.379 e. The third-order valence-corrected chi connectivity index (χ3v) is 5.04. The fourth-order valence-corrected chi connectivity index (χ4v) is 3.23.